The molecule has 0 saturated carbocycles. The number of likely N-dealkylation sites (N-methyl/N-ethyl adjacent to an activating group) is 1. The lowest BCUT2D eigenvalue weighted by Crippen LogP contribution is -2.15. The standard InChI is InChI=1S/C14H15ClNO3P/c1-16-8-9(7-15)14-11-5-3-2-4-10(11)13(6-12(14)16)19-20(17)18/h2-6,9,17-18H,7-8H2,1H3. The zero-order chi connectivity index (χ0) is 14.3. The number of anilines is 1. The molecule has 1 atom stereocenters. The molecule has 3 rings (SSSR count). The highest BCUT2D eigenvalue weighted by Gasteiger charge is 2.29. The van der Waals surface area contributed by atoms with Crippen LogP contribution in [0.3, 0.4) is 0 Å². The Labute approximate surface area is 123 Å². The summed E-state index contributed by atoms with van der Waals surface area (Å²) >= 11 is 6.09. The molecule has 1 unspecified atom stereocenters. The smallest absolute Gasteiger partial charge is 0.391 e. The number of fused-ring (bicyclic) bond motifs is 3. The number of hydrogen-bond donors (Lipinski definition) is 2. The SMILES string of the molecule is CN1CC(CCl)c2c1cc(OP(O)O)c1ccccc21. The minimum absolute atomic E-state index is 0.278. The van der Waals surface area contributed by atoms with E-state index < -0.39 is 8.60 Å². The van der Waals surface area contributed by atoms with Crippen LogP contribution in [0.25, 0.3) is 10.8 Å². The lowest BCUT2D eigenvalue weighted by Gasteiger charge is -2.16. The zero-order valence-corrected chi connectivity index (χ0v) is 12.6. The predicted octanol–water partition coefficient (Wildman–Crippen LogP) is 3.20. The molecule has 1 heterocycles. The second kappa shape index (κ2) is 5.38. The van der Waals surface area contributed by atoms with Crippen molar-refractivity contribution >= 4 is 36.7 Å². The minimum atomic E-state index is -2.43. The fourth-order valence-electron chi connectivity index (χ4n) is 2.91. The molecular weight excluding hydrogens is 297 g/mol. The van der Waals surface area contributed by atoms with Gasteiger partial charge in [-0.2, -0.15) is 0 Å². The number of nitrogens with zero attached hydrogens (tertiary/aromatic N) is 1. The van der Waals surface area contributed by atoms with Crippen molar-refractivity contribution in [3.63, 3.8) is 0 Å². The fraction of sp³-hybridized carbons (Fsp3) is 0.286. The molecule has 1 aliphatic rings. The summed E-state index contributed by atoms with van der Waals surface area (Å²) in [5, 5.41) is 1.94. The molecule has 0 bridgehead atoms. The maximum Gasteiger partial charge on any atom is 0.391 e. The van der Waals surface area contributed by atoms with E-state index in [1.54, 1.807) is 0 Å². The second-order valence-electron chi connectivity index (χ2n) is 4.93. The van der Waals surface area contributed by atoms with Gasteiger partial charge in [-0.15, -0.1) is 11.6 Å². The Hall–Kier alpha value is -1.06. The number of benzene rings is 2. The molecule has 0 fully saturated rings. The number of hydrogen-bond acceptors (Lipinski definition) is 4. The maximum absolute atomic E-state index is 9.14. The van der Waals surface area contributed by atoms with Crippen molar-refractivity contribution in [1.29, 1.82) is 0 Å². The molecule has 2 N–H and O–H groups in total. The Morgan fingerprint density at radius 2 is 2.05 bits per heavy atom. The Morgan fingerprint density at radius 3 is 2.70 bits per heavy atom. The van der Waals surface area contributed by atoms with Gasteiger partial charge in [0.25, 0.3) is 0 Å². The van der Waals surface area contributed by atoms with Crippen molar-refractivity contribution in [2.24, 2.45) is 0 Å². The molecule has 0 radical (unpaired) electrons. The van der Waals surface area contributed by atoms with E-state index in [0.717, 1.165) is 23.0 Å². The van der Waals surface area contributed by atoms with E-state index in [-0.39, 0.29) is 5.92 Å². The Balaban J connectivity index is 2.27. The summed E-state index contributed by atoms with van der Waals surface area (Å²) in [7, 11) is -0.426. The first-order chi connectivity index (χ1) is 9.61. The van der Waals surface area contributed by atoms with Crippen LogP contribution in [0.4, 0.5) is 5.69 Å². The molecule has 0 aromatic heterocycles. The average Bonchev–Trinajstić information content (AvgIpc) is 2.75. The lowest BCUT2D eigenvalue weighted by atomic mass is 9.95. The molecule has 0 spiro atoms. The van der Waals surface area contributed by atoms with Crippen LogP contribution < -0.4 is 9.42 Å². The van der Waals surface area contributed by atoms with Crippen LogP contribution in [0, 0.1) is 0 Å². The maximum atomic E-state index is 9.14. The van der Waals surface area contributed by atoms with Crippen LogP contribution in [0.2, 0.25) is 0 Å². The molecule has 4 nitrogen and oxygen atoms in total. The van der Waals surface area contributed by atoms with Crippen LogP contribution in [-0.4, -0.2) is 29.3 Å². The van der Waals surface area contributed by atoms with Gasteiger partial charge in [-0.3, -0.25) is 0 Å². The molecule has 106 valence electrons. The van der Waals surface area contributed by atoms with Gasteiger partial charge in [-0.1, -0.05) is 24.3 Å². The summed E-state index contributed by atoms with van der Waals surface area (Å²) in [4.78, 5) is 20.4. The van der Waals surface area contributed by atoms with Crippen LogP contribution in [-0.2, 0) is 0 Å². The first-order valence-corrected chi connectivity index (χ1v) is 8.00. The van der Waals surface area contributed by atoms with Crippen LogP contribution >= 0.6 is 20.2 Å². The van der Waals surface area contributed by atoms with E-state index in [2.05, 4.69) is 4.90 Å². The van der Waals surface area contributed by atoms with Crippen molar-refractivity contribution < 1.29 is 14.3 Å². The third-order valence-corrected chi connectivity index (χ3v) is 4.44. The average molecular weight is 312 g/mol. The van der Waals surface area contributed by atoms with E-state index in [1.165, 1.54) is 5.56 Å². The highest BCUT2D eigenvalue weighted by atomic mass is 35.5. The van der Waals surface area contributed by atoms with Gasteiger partial charge in [0.1, 0.15) is 5.75 Å². The molecule has 20 heavy (non-hydrogen) atoms. The molecule has 0 amide bonds. The quantitative estimate of drug-likeness (QED) is 0.675. The van der Waals surface area contributed by atoms with Gasteiger partial charge in [0, 0.05) is 42.5 Å². The summed E-state index contributed by atoms with van der Waals surface area (Å²) in [5.41, 5.74) is 2.26. The summed E-state index contributed by atoms with van der Waals surface area (Å²) in [6, 6.07) is 9.69. The van der Waals surface area contributed by atoms with Gasteiger partial charge in [0.2, 0.25) is 0 Å². The molecule has 0 saturated heterocycles. The van der Waals surface area contributed by atoms with E-state index in [4.69, 9.17) is 25.9 Å². The second-order valence-corrected chi connectivity index (χ2v) is 5.93. The van der Waals surface area contributed by atoms with E-state index >= 15 is 0 Å². The largest absolute Gasteiger partial charge is 0.426 e. The van der Waals surface area contributed by atoms with E-state index in [1.807, 2.05) is 37.4 Å². The van der Waals surface area contributed by atoms with Crippen LogP contribution in [0.5, 0.6) is 5.75 Å². The fourth-order valence-corrected chi connectivity index (χ4v) is 3.48. The first-order valence-electron chi connectivity index (χ1n) is 6.30. The highest BCUT2D eigenvalue weighted by molar-refractivity contribution is 7.39. The van der Waals surface area contributed by atoms with Gasteiger partial charge in [0.05, 0.1) is 0 Å². The van der Waals surface area contributed by atoms with Crippen molar-refractivity contribution in [1.82, 2.24) is 0 Å². The number of halogens is 1. The van der Waals surface area contributed by atoms with Gasteiger partial charge < -0.3 is 19.2 Å². The number of alkyl halides is 1. The van der Waals surface area contributed by atoms with E-state index in [0.29, 0.717) is 11.6 Å². The molecule has 2 aromatic carbocycles. The highest BCUT2D eigenvalue weighted by Crippen LogP contribution is 2.46. The van der Waals surface area contributed by atoms with Crippen LogP contribution in [0.15, 0.2) is 30.3 Å². The van der Waals surface area contributed by atoms with E-state index in [9.17, 15) is 0 Å². The predicted molar refractivity (Wildman–Crippen MR) is 82.7 cm³/mol. The Bertz CT molecular complexity index is 650. The molecular formula is C14H15ClNO3P. The normalized spacial score (nSPS) is 17.9. The van der Waals surface area contributed by atoms with Crippen LogP contribution in [0.1, 0.15) is 11.5 Å². The van der Waals surface area contributed by atoms with Gasteiger partial charge in [0.15, 0.2) is 0 Å². The summed E-state index contributed by atoms with van der Waals surface area (Å²) in [5.74, 6) is 1.34. The van der Waals surface area contributed by atoms with Crippen molar-refractivity contribution in [2.45, 2.75) is 5.92 Å². The van der Waals surface area contributed by atoms with Crippen molar-refractivity contribution in [3.05, 3.63) is 35.9 Å². The van der Waals surface area contributed by atoms with Gasteiger partial charge >= 0.3 is 8.60 Å². The monoisotopic (exact) mass is 311 g/mol. The summed E-state index contributed by atoms with van der Waals surface area (Å²) < 4.78 is 5.19. The molecule has 1 aliphatic heterocycles. The van der Waals surface area contributed by atoms with Crippen molar-refractivity contribution in [2.75, 3.05) is 24.4 Å². The summed E-state index contributed by atoms with van der Waals surface area (Å²) in [6.07, 6.45) is 0. The first kappa shape index (κ1) is 13.9. The Kier molecular flexibility index (Phi) is 3.74. The minimum Gasteiger partial charge on any atom is -0.426 e. The van der Waals surface area contributed by atoms with Gasteiger partial charge in [-0.25, -0.2) is 0 Å². The molecule has 0 aliphatic carbocycles. The van der Waals surface area contributed by atoms with Crippen molar-refractivity contribution in [3.8, 4) is 5.75 Å². The lowest BCUT2D eigenvalue weighted by molar-refractivity contribution is 0.377. The molecule has 2 aromatic rings. The Morgan fingerprint density at radius 1 is 1.35 bits per heavy atom. The third-order valence-electron chi connectivity index (χ3n) is 3.71. The molecule has 6 heteroatoms. The number of rotatable bonds is 3. The summed E-state index contributed by atoms with van der Waals surface area (Å²) in [6.45, 7) is 0.860. The van der Waals surface area contributed by atoms with Gasteiger partial charge in [-0.05, 0) is 10.9 Å². The third kappa shape index (κ3) is 2.23. The topological polar surface area (TPSA) is 52.9 Å². The zero-order valence-electron chi connectivity index (χ0n) is 11.0.